The molecule has 2 aromatic carbocycles. The van der Waals surface area contributed by atoms with Crippen molar-refractivity contribution in [3.8, 4) is 0 Å². The highest BCUT2D eigenvalue weighted by Gasteiger charge is 2.20. The lowest BCUT2D eigenvalue weighted by Gasteiger charge is -2.14. The third-order valence-electron chi connectivity index (χ3n) is 3.81. The number of anilines is 1. The van der Waals surface area contributed by atoms with E-state index in [2.05, 4.69) is 4.72 Å². The fraction of sp³-hybridized carbons (Fsp3) is 0.222. The van der Waals surface area contributed by atoms with Crippen molar-refractivity contribution in [1.29, 1.82) is 0 Å². The van der Waals surface area contributed by atoms with Gasteiger partial charge in [0.2, 0.25) is 0 Å². The summed E-state index contributed by atoms with van der Waals surface area (Å²) in [6.07, 6.45) is 0.248. The molecule has 0 fully saturated rings. The Morgan fingerprint density at radius 1 is 1.04 bits per heavy atom. The van der Waals surface area contributed by atoms with Crippen LogP contribution in [0.5, 0.6) is 0 Å². The molecule has 0 aliphatic rings. The number of aryl methyl sites for hydroxylation is 3. The van der Waals surface area contributed by atoms with Crippen LogP contribution in [-0.2, 0) is 21.2 Å². The molecule has 0 aliphatic carbocycles. The number of hydrogen-bond donors (Lipinski definition) is 3. The van der Waals surface area contributed by atoms with Crippen molar-refractivity contribution < 1.29 is 28.2 Å². The Morgan fingerprint density at radius 2 is 1.65 bits per heavy atom. The molecule has 0 bridgehead atoms. The first-order valence-corrected chi connectivity index (χ1v) is 9.26. The van der Waals surface area contributed by atoms with Gasteiger partial charge in [0.25, 0.3) is 10.0 Å². The quantitative estimate of drug-likeness (QED) is 0.682. The highest BCUT2D eigenvalue weighted by Crippen LogP contribution is 2.26. The molecule has 0 aromatic heterocycles. The summed E-state index contributed by atoms with van der Waals surface area (Å²) in [5.74, 6) is -2.15. The molecule has 2 rings (SSSR count). The number of carbonyl (C=O) groups is 2. The van der Waals surface area contributed by atoms with Gasteiger partial charge in [-0.3, -0.25) is 9.52 Å². The third-order valence-corrected chi connectivity index (χ3v) is 5.17. The van der Waals surface area contributed by atoms with E-state index in [0.717, 1.165) is 0 Å². The fourth-order valence-corrected chi connectivity index (χ4v) is 3.70. The summed E-state index contributed by atoms with van der Waals surface area (Å²) in [4.78, 5) is 22.0. The van der Waals surface area contributed by atoms with Crippen molar-refractivity contribution in [3.05, 3.63) is 58.7 Å². The number of nitrogens with one attached hydrogen (secondary N) is 1. The zero-order valence-electron chi connectivity index (χ0n) is 14.3. The summed E-state index contributed by atoms with van der Waals surface area (Å²) in [7, 11) is -3.98. The lowest BCUT2D eigenvalue weighted by molar-refractivity contribution is -0.136. The summed E-state index contributed by atoms with van der Waals surface area (Å²) in [6.45, 7) is 3.36. The molecule has 0 spiro atoms. The van der Waals surface area contributed by atoms with Gasteiger partial charge in [-0.1, -0.05) is 18.2 Å². The maximum Gasteiger partial charge on any atom is 0.337 e. The zero-order chi connectivity index (χ0) is 19.5. The van der Waals surface area contributed by atoms with Crippen LogP contribution >= 0.6 is 0 Å². The maximum absolute atomic E-state index is 12.6. The molecule has 0 heterocycles. The Morgan fingerprint density at radius 3 is 2.19 bits per heavy atom. The highest BCUT2D eigenvalue weighted by atomic mass is 32.2. The average molecular weight is 377 g/mol. The molecule has 0 saturated heterocycles. The van der Waals surface area contributed by atoms with E-state index in [1.54, 1.807) is 19.9 Å². The van der Waals surface area contributed by atoms with Gasteiger partial charge in [-0.05, 0) is 55.2 Å². The maximum atomic E-state index is 12.6. The van der Waals surface area contributed by atoms with Crippen LogP contribution in [0, 0.1) is 13.8 Å². The van der Waals surface area contributed by atoms with Gasteiger partial charge in [-0.15, -0.1) is 0 Å². The van der Waals surface area contributed by atoms with Gasteiger partial charge in [0.1, 0.15) is 0 Å². The van der Waals surface area contributed by atoms with Crippen LogP contribution in [0.1, 0.15) is 33.5 Å². The van der Waals surface area contributed by atoms with Crippen LogP contribution in [-0.4, -0.2) is 30.6 Å². The second kappa shape index (κ2) is 7.57. The second-order valence-electron chi connectivity index (χ2n) is 5.95. The van der Waals surface area contributed by atoms with Crippen molar-refractivity contribution in [3.63, 3.8) is 0 Å². The van der Waals surface area contributed by atoms with Gasteiger partial charge in [-0.25, -0.2) is 13.2 Å². The molecule has 0 unspecified atom stereocenters. The Balaban J connectivity index is 2.32. The van der Waals surface area contributed by atoms with Gasteiger partial charge < -0.3 is 10.2 Å². The molecule has 7 nitrogen and oxygen atoms in total. The number of benzene rings is 2. The van der Waals surface area contributed by atoms with Crippen molar-refractivity contribution in [1.82, 2.24) is 0 Å². The van der Waals surface area contributed by atoms with E-state index in [0.29, 0.717) is 23.1 Å². The molecule has 26 heavy (non-hydrogen) atoms. The molecule has 0 amide bonds. The number of aromatic carboxylic acids is 1. The van der Waals surface area contributed by atoms with Gasteiger partial charge in [0.05, 0.1) is 16.1 Å². The number of hydrogen-bond acceptors (Lipinski definition) is 4. The number of carboxylic acid groups (broad SMARTS) is 2. The van der Waals surface area contributed by atoms with Crippen molar-refractivity contribution in [2.75, 3.05) is 4.72 Å². The minimum Gasteiger partial charge on any atom is -0.481 e. The Labute approximate surface area is 151 Å². The van der Waals surface area contributed by atoms with E-state index in [1.165, 1.54) is 30.3 Å². The van der Waals surface area contributed by atoms with Gasteiger partial charge in [0.15, 0.2) is 0 Å². The minimum atomic E-state index is -3.98. The molecule has 3 N–H and O–H groups in total. The Kier molecular flexibility index (Phi) is 5.66. The van der Waals surface area contributed by atoms with E-state index < -0.39 is 22.0 Å². The lowest BCUT2D eigenvalue weighted by Crippen LogP contribution is -2.17. The predicted octanol–water partition coefficient (Wildman–Crippen LogP) is 2.82. The largest absolute Gasteiger partial charge is 0.481 e. The normalized spacial score (nSPS) is 11.2. The zero-order valence-corrected chi connectivity index (χ0v) is 15.1. The van der Waals surface area contributed by atoms with Crippen LogP contribution in [0.3, 0.4) is 0 Å². The second-order valence-corrected chi connectivity index (χ2v) is 7.64. The average Bonchev–Trinajstić information content (AvgIpc) is 2.55. The Hall–Kier alpha value is -2.87. The molecule has 8 heteroatoms. The summed E-state index contributed by atoms with van der Waals surface area (Å²) in [6, 6.07) is 8.91. The topological polar surface area (TPSA) is 121 Å². The molecular formula is C18H19NO6S. The van der Waals surface area contributed by atoms with Crippen molar-refractivity contribution in [2.24, 2.45) is 0 Å². The monoisotopic (exact) mass is 377 g/mol. The van der Waals surface area contributed by atoms with Crippen LogP contribution in [0.4, 0.5) is 5.69 Å². The molecule has 0 aliphatic heterocycles. The fourth-order valence-electron chi connectivity index (χ4n) is 2.55. The molecular weight excluding hydrogens is 358 g/mol. The van der Waals surface area contributed by atoms with E-state index in [4.69, 9.17) is 5.11 Å². The molecule has 138 valence electrons. The van der Waals surface area contributed by atoms with Crippen molar-refractivity contribution >= 4 is 27.6 Å². The number of rotatable bonds is 7. The van der Waals surface area contributed by atoms with Crippen molar-refractivity contribution in [2.45, 2.75) is 31.6 Å². The lowest BCUT2D eigenvalue weighted by atomic mass is 10.0. The first-order chi connectivity index (χ1) is 12.1. The molecule has 0 radical (unpaired) electrons. The first-order valence-electron chi connectivity index (χ1n) is 7.78. The smallest absolute Gasteiger partial charge is 0.337 e. The van der Waals surface area contributed by atoms with E-state index in [1.807, 2.05) is 0 Å². The first kappa shape index (κ1) is 19.5. The van der Waals surface area contributed by atoms with Crippen LogP contribution < -0.4 is 4.72 Å². The van der Waals surface area contributed by atoms with Gasteiger partial charge >= 0.3 is 11.9 Å². The predicted molar refractivity (Wildman–Crippen MR) is 96.1 cm³/mol. The summed E-state index contributed by atoms with van der Waals surface area (Å²) < 4.78 is 27.5. The Bertz CT molecular complexity index is 948. The summed E-state index contributed by atoms with van der Waals surface area (Å²) in [5.41, 5.74) is 1.82. The highest BCUT2D eigenvalue weighted by molar-refractivity contribution is 7.92. The summed E-state index contributed by atoms with van der Waals surface area (Å²) >= 11 is 0. The van der Waals surface area contributed by atoms with Crippen LogP contribution in [0.2, 0.25) is 0 Å². The van der Waals surface area contributed by atoms with Gasteiger partial charge in [-0.2, -0.15) is 0 Å². The van der Waals surface area contributed by atoms with Gasteiger partial charge in [0, 0.05) is 6.42 Å². The summed E-state index contributed by atoms with van der Waals surface area (Å²) in [5, 5.41) is 18.0. The standard InChI is InChI=1S/C18H19NO6S/c1-11-9-12(2)17(15(10-11)18(22)23)19-26(24,25)14-6-3-13(4-7-14)5-8-16(20)21/h3-4,6-7,9-10,19H,5,8H2,1-2H3,(H,20,21)(H,22,23). The third kappa shape index (κ3) is 4.60. The minimum absolute atomic E-state index is 0.0260. The molecule has 2 aromatic rings. The number of sulfonamides is 1. The van der Waals surface area contributed by atoms with E-state index >= 15 is 0 Å². The van der Waals surface area contributed by atoms with E-state index in [9.17, 15) is 23.1 Å². The molecule has 0 atom stereocenters. The van der Waals surface area contributed by atoms with Crippen LogP contribution in [0.15, 0.2) is 41.3 Å². The van der Waals surface area contributed by atoms with E-state index in [-0.39, 0.29) is 22.6 Å². The van der Waals surface area contributed by atoms with Crippen LogP contribution in [0.25, 0.3) is 0 Å². The molecule has 0 saturated carbocycles. The number of carboxylic acids is 2. The number of aliphatic carboxylic acids is 1. The SMILES string of the molecule is Cc1cc(C)c(NS(=O)(=O)c2ccc(CCC(=O)O)cc2)c(C(=O)O)c1.